The zero-order chi connectivity index (χ0) is 12.9. The largest absolute Gasteiger partial charge is 0.355 e. The van der Waals surface area contributed by atoms with E-state index in [0.29, 0.717) is 17.9 Å². The molecule has 0 aromatic heterocycles. The smallest absolute Gasteiger partial charge is 0.233 e. The molecule has 0 heterocycles. The average molecular weight is 256 g/mol. The highest BCUT2D eigenvalue weighted by atomic mass is 32.2. The summed E-state index contributed by atoms with van der Waals surface area (Å²) in [5, 5.41) is 2.64. The second kappa shape index (κ2) is 5.79. The predicted octanol–water partition coefficient (Wildman–Crippen LogP) is -0.292. The Labute approximate surface area is 101 Å². The number of benzene rings is 1. The maximum atomic E-state index is 11.2. The second-order valence-corrected chi connectivity index (χ2v) is 5.74. The maximum absolute atomic E-state index is 11.2. The van der Waals surface area contributed by atoms with Crippen LogP contribution in [0.5, 0.6) is 0 Å². The van der Waals surface area contributed by atoms with Crippen molar-refractivity contribution >= 4 is 15.7 Å². The van der Waals surface area contributed by atoms with E-state index in [1.807, 2.05) is 0 Å². The van der Waals surface area contributed by atoms with Crippen molar-refractivity contribution in [3.8, 4) is 0 Å². The van der Waals surface area contributed by atoms with Crippen LogP contribution in [-0.2, 0) is 21.1 Å². The molecule has 0 bridgehead atoms. The number of carbonyl (C=O) groups excluding carboxylic acids is 1. The van der Waals surface area contributed by atoms with Crippen molar-refractivity contribution in [3.05, 3.63) is 29.8 Å². The van der Waals surface area contributed by atoms with E-state index in [0.717, 1.165) is 5.56 Å². The molecular formula is C11H16N2O3S. The first-order valence-corrected chi connectivity index (χ1v) is 7.08. The summed E-state index contributed by atoms with van der Waals surface area (Å²) in [7, 11) is -3.14. The van der Waals surface area contributed by atoms with Gasteiger partial charge in [0.05, 0.1) is 11.4 Å². The van der Waals surface area contributed by atoms with E-state index in [1.165, 1.54) is 6.26 Å². The van der Waals surface area contributed by atoms with Crippen LogP contribution in [0.1, 0.15) is 5.56 Å². The third-order valence-electron chi connectivity index (χ3n) is 2.27. The molecule has 94 valence electrons. The molecule has 17 heavy (non-hydrogen) atoms. The zero-order valence-electron chi connectivity index (χ0n) is 9.64. The van der Waals surface area contributed by atoms with Crippen molar-refractivity contribution in [2.45, 2.75) is 11.3 Å². The van der Waals surface area contributed by atoms with Crippen LogP contribution in [0.15, 0.2) is 29.2 Å². The zero-order valence-corrected chi connectivity index (χ0v) is 10.5. The fraction of sp³-hybridized carbons (Fsp3) is 0.364. The Bertz CT molecular complexity index is 480. The molecule has 3 N–H and O–H groups in total. The summed E-state index contributed by atoms with van der Waals surface area (Å²) in [6, 6.07) is 6.61. The van der Waals surface area contributed by atoms with Gasteiger partial charge in [0.15, 0.2) is 9.84 Å². The Morgan fingerprint density at radius 3 is 2.35 bits per heavy atom. The van der Waals surface area contributed by atoms with Gasteiger partial charge in [0, 0.05) is 12.8 Å². The molecule has 1 aromatic carbocycles. The Morgan fingerprint density at radius 1 is 1.29 bits per heavy atom. The van der Waals surface area contributed by atoms with Gasteiger partial charge in [0.2, 0.25) is 5.91 Å². The van der Waals surface area contributed by atoms with E-state index < -0.39 is 9.84 Å². The minimum absolute atomic E-state index is 0.0208. The molecule has 0 spiro atoms. The predicted molar refractivity (Wildman–Crippen MR) is 65.3 cm³/mol. The van der Waals surface area contributed by atoms with Crippen molar-refractivity contribution in [1.29, 1.82) is 0 Å². The normalized spacial score (nSPS) is 11.2. The lowest BCUT2D eigenvalue weighted by atomic mass is 10.1. The van der Waals surface area contributed by atoms with Gasteiger partial charge < -0.3 is 11.1 Å². The Morgan fingerprint density at radius 2 is 1.88 bits per heavy atom. The van der Waals surface area contributed by atoms with Gasteiger partial charge in [-0.05, 0) is 24.1 Å². The van der Waals surface area contributed by atoms with E-state index in [2.05, 4.69) is 5.32 Å². The van der Waals surface area contributed by atoms with E-state index in [9.17, 15) is 13.2 Å². The minimum atomic E-state index is -3.14. The van der Waals surface area contributed by atoms with Crippen LogP contribution >= 0.6 is 0 Å². The molecule has 0 aliphatic carbocycles. The van der Waals surface area contributed by atoms with Crippen molar-refractivity contribution in [2.75, 3.05) is 19.3 Å². The molecule has 1 aromatic rings. The van der Waals surface area contributed by atoms with Crippen LogP contribution < -0.4 is 11.1 Å². The van der Waals surface area contributed by atoms with Gasteiger partial charge in [-0.3, -0.25) is 4.79 Å². The molecule has 0 aliphatic heterocycles. The molecule has 0 fully saturated rings. The number of nitrogens with one attached hydrogen (secondary N) is 1. The lowest BCUT2D eigenvalue weighted by molar-refractivity contribution is -0.119. The number of rotatable bonds is 5. The Kier molecular flexibility index (Phi) is 4.65. The maximum Gasteiger partial charge on any atom is 0.233 e. The van der Waals surface area contributed by atoms with E-state index in [1.54, 1.807) is 24.3 Å². The van der Waals surface area contributed by atoms with Crippen molar-refractivity contribution < 1.29 is 13.2 Å². The topological polar surface area (TPSA) is 89.3 Å². The van der Waals surface area contributed by atoms with Crippen molar-refractivity contribution in [2.24, 2.45) is 5.73 Å². The molecule has 0 radical (unpaired) electrons. The Balaban J connectivity index is 2.55. The van der Waals surface area contributed by atoms with Crippen LogP contribution in [-0.4, -0.2) is 33.7 Å². The summed E-state index contributed by atoms with van der Waals surface area (Å²) in [5.41, 5.74) is 6.11. The molecule has 0 saturated carbocycles. The van der Waals surface area contributed by atoms with Crippen LogP contribution in [0.3, 0.4) is 0 Å². The second-order valence-electron chi connectivity index (χ2n) is 3.72. The number of hydrogen-bond donors (Lipinski definition) is 2. The molecule has 0 saturated heterocycles. The first-order valence-electron chi connectivity index (χ1n) is 5.19. The number of carbonyl (C=O) groups is 1. The Hall–Kier alpha value is -1.40. The standard InChI is InChI=1S/C11H16N2O3S/c1-17(15,16)10-4-2-9(3-5-10)6-7-13-11(14)8-12/h2-5H,6-8,12H2,1H3,(H,13,14). The first-order chi connectivity index (χ1) is 7.93. The van der Waals surface area contributed by atoms with E-state index >= 15 is 0 Å². The quantitative estimate of drug-likeness (QED) is 0.757. The third-order valence-corrected chi connectivity index (χ3v) is 3.40. The molecule has 0 unspecified atom stereocenters. The summed E-state index contributed by atoms with van der Waals surface area (Å²) >= 11 is 0. The highest BCUT2D eigenvalue weighted by Crippen LogP contribution is 2.10. The van der Waals surface area contributed by atoms with Crippen LogP contribution in [0.25, 0.3) is 0 Å². The summed E-state index contributed by atoms with van der Waals surface area (Å²) in [5.74, 6) is -0.197. The summed E-state index contributed by atoms with van der Waals surface area (Å²) in [6.07, 6.45) is 1.82. The van der Waals surface area contributed by atoms with Gasteiger partial charge >= 0.3 is 0 Å². The molecule has 1 rings (SSSR count). The van der Waals surface area contributed by atoms with Gasteiger partial charge in [-0.2, -0.15) is 0 Å². The molecule has 6 heteroatoms. The van der Waals surface area contributed by atoms with Gasteiger partial charge in [-0.25, -0.2) is 8.42 Å². The van der Waals surface area contributed by atoms with Crippen LogP contribution in [0.4, 0.5) is 0 Å². The third kappa shape index (κ3) is 4.54. The van der Waals surface area contributed by atoms with Gasteiger partial charge in [0.1, 0.15) is 0 Å². The lowest BCUT2D eigenvalue weighted by Crippen LogP contribution is -2.31. The average Bonchev–Trinajstić information content (AvgIpc) is 2.28. The molecular weight excluding hydrogens is 240 g/mol. The fourth-order valence-corrected chi connectivity index (χ4v) is 1.95. The monoisotopic (exact) mass is 256 g/mol. The minimum Gasteiger partial charge on any atom is -0.355 e. The van der Waals surface area contributed by atoms with Gasteiger partial charge in [0.25, 0.3) is 0 Å². The lowest BCUT2D eigenvalue weighted by Gasteiger charge is -2.04. The fourth-order valence-electron chi connectivity index (χ4n) is 1.32. The SMILES string of the molecule is CS(=O)(=O)c1ccc(CCNC(=O)CN)cc1. The number of amides is 1. The number of sulfone groups is 1. The van der Waals surface area contributed by atoms with E-state index in [4.69, 9.17) is 5.73 Å². The highest BCUT2D eigenvalue weighted by Gasteiger charge is 2.05. The number of nitrogens with two attached hydrogens (primary N) is 1. The van der Waals surface area contributed by atoms with Crippen LogP contribution in [0, 0.1) is 0 Å². The molecule has 0 aliphatic rings. The van der Waals surface area contributed by atoms with Crippen molar-refractivity contribution in [1.82, 2.24) is 5.32 Å². The molecule has 0 atom stereocenters. The molecule has 5 nitrogen and oxygen atoms in total. The van der Waals surface area contributed by atoms with E-state index in [-0.39, 0.29) is 12.5 Å². The first kappa shape index (κ1) is 13.7. The van der Waals surface area contributed by atoms with Gasteiger partial charge in [-0.1, -0.05) is 12.1 Å². The number of hydrogen-bond acceptors (Lipinski definition) is 4. The molecule has 1 amide bonds. The van der Waals surface area contributed by atoms with Crippen molar-refractivity contribution in [3.63, 3.8) is 0 Å². The summed E-state index contributed by atoms with van der Waals surface area (Å²) in [6.45, 7) is 0.473. The summed E-state index contributed by atoms with van der Waals surface area (Å²) < 4.78 is 22.4. The highest BCUT2D eigenvalue weighted by molar-refractivity contribution is 7.90. The van der Waals surface area contributed by atoms with Gasteiger partial charge in [-0.15, -0.1) is 0 Å². The van der Waals surface area contributed by atoms with Crippen LogP contribution in [0.2, 0.25) is 0 Å². The summed E-state index contributed by atoms with van der Waals surface area (Å²) in [4.78, 5) is 11.2.